The van der Waals surface area contributed by atoms with E-state index in [-0.39, 0.29) is 29.1 Å². The Kier molecular flexibility index (Phi) is 49.0. The van der Waals surface area contributed by atoms with E-state index in [1.54, 1.807) is 41.5 Å². The van der Waals surface area contributed by atoms with E-state index in [2.05, 4.69) is 0 Å². The van der Waals surface area contributed by atoms with E-state index in [9.17, 15) is 15.3 Å². The molecular formula is C10H24O3Ti. The van der Waals surface area contributed by atoms with Crippen molar-refractivity contribution in [2.45, 2.75) is 59.9 Å². The van der Waals surface area contributed by atoms with Gasteiger partial charge in [0.1, 0.15) is 0 Å². The second-order valence-electron chi connectivity index (χ2n) is 3.15. The maximum atomic E-state index is 9.53. The topological polar surface area (TPSA) is 69.2 Å². The van der Waals surface area contributed by atoms with Crippen LogP contribution in [0.2, 0.25) is 0 Å². The summed E-state index contributed by atoms with van der Waals surface area (Å²) < 4.78 is 0. The Morgan fingerprint density at radius 3 is 0.571 bits per heavy atom. The predicted octanol–water partition coefficient (Wildman–Crippen LogP) is -0.287. The first-order chi connectivity index (χ1) is 5.20. The summed E-state index contributed by atoms with van der Waals surface area (Å²) >= 11 is 0. The molecule has 0 aromatic carbocycles. The first-order valence-electron chi connectivity index (χ1n) is 4.17. The molecule has 0 unspecified atom stereocenters. The average Bonchev–Trinajstić information content (AvgIpc) is 1.54. The van der Waals surface area contributed by atoms with Crippen LogP contribution in [0.4, 0.5) is 0 Å². The van der Waals surface area contributed by atoms with Crippen molar-refractivity contribution in [3.05, 3.63) is 7.43 Å². The summed E-state index contributed by atoms with van der Waals surface area (Å²) in [5.74, 6) is 0. The van der Waals surface area contributed by atoms with Crippen molar-refractivity contribution in [1.82, 2.24) is 0 Å². The van der Waals surface area contributed by atoms with Gasteiger partial charge in [-0.25, -0.2) is 0 Å². The molecular weight excluding hydrogens is 216 g/mol. The molecule has 0 aliphatic carbocycles. The minimum Gasteiger partial charge on any atom is -0.852 e. The van der Waals surface area contributed by atoms with Crippen LogP contribution < -0.4 is 15.3 Å². The van der Waals surface area contributed by atoms with Crippen LogP contribution in [-0.4, -0.2) is 18.3 Å². The van der Waals surface area contributed by atoms with E-state index < -0.39 is 18.3 Å². The second kappa shape index (κ2) is 23.4. The molecule has 0 saturated carbocycles. The van der Waals surface area contributed by atoms with Gasteiger partial charge in [-0.2, -0.15) is 0 Å². The van der Waals surface area contributed by atoms with E-state index in [0.29, 0.717) is 0 Å². The molecule has 0 aliphatic heterocycles. The second-order valence-corrected chi connectivity index (χ2v) is 3.15. The Hall–Kier alpha value is 0.594. The normalized spacial score (nSPS) is 7.71. The van der Waals surface area contributed by atoms with Crippen molar-refractivity contribution >= 4 is 0 Å². The molecule has 0 N–H and O–H groups in total. The fourth-order valence-electron chi connectivity index (χ4n) is 0. The van der Waals surface area contributed by atoms with E-state index >= 15 is 0 Å². The Balaban J connectivity index is -0.0000000270. The molecule has 14 heavy (non-hydrogen) atoms. The van der Waals surface area contributed by atoms with Crippen LogP contribution in [0.3, 0.4) is 0 Å². The number of rotatable bonds is 0. The Morgan fingerprint density at radius 1 is 0.571 bits per heavy atom. The Bertz CT molecular complexity index is 43.9. The van der Waals surface area contributed by atoms with Crippen molar-refractivity contribution in [2.75, 3.05) is 0 Å². The minimum atomic E-state index is -0.417. The van der Waals surface area contributed by atoms with Gasteiger partial charge in [-0.05, 0) is 0 Å². The summed E-state index contributed by atoms with van der Waals surface area (Å²) in [5.41, 5.74) is 0. The van der Waals surface area contributed by atoms with Gasteiger partial charge >= 0.3 is 21.7 Å². The van der Waals surface area contributed by atoms with E-state index in [4.69, 9.17) is 0 Å². The van der Waals surface area contributed by atoms with Crippen molar-refractivity contribution < 1.29 is 37.0 Å². The molecule has 3 nitrogen and oxygen atoms in total. The van der Waals surface area contributed by atoms with Crippen LogP contribution in [-0.2, 0) is 21.7 Å². The predicted molar refractivity (Wildman–Crippen MR) is 51.8 cm³/mol. The first-order valence-corrected chi connectivity index (χ1v) is 4.17. The summed E-state index contributed by atoms with van der Waals surface area (Å²) in [7, 11) is 0. The van der Waals surface area contributed by atoms with Crippen molar-refractivity contribution in [3.8, 4) is 0 Å². The number of hydrogen-bond acceptors (Lipinski definition) is 3. The van der Waals surface area contributed by atoms with Crippen molar-refractivity contribution in [3.63, 3.8) is 0 Å². The van der Waals surface area contributed by atoms with Gasteiger partial charge in [0, 0.05) is 0 Å². The van der Waals surface area contributed by atoms with Gasteiger partial charge in [-0.15, -0.1) is 18.3 Å². The van der Waals surface area contributed by atoms with Crippen LogP contribution in [0.1, 0.15) is 41.5 Å². The zero-order chi connectivity index (χ0) is 10.7. The average molecular weight is 240 g/mol. The van der Waals surface area contributed by atoms with E-state index in [1.807, 2.05) is 0 Å². The summed E-state index contributed by atoms with van der Waals surface area (Å²) in [5, 5.41) is 28.6. The van der Waals surface area contributed by atoms with Gasteiger partial charge < -0.3 is 22.7 Å². The largest absolute Gasteiger partial charge is 4.00 e. The first kappa shape index (κ1) is 29.3. The number of hydrogen-bond donors (Lipinski definition) is 0. The molecule has 86 valence electrons. The molecule has 0 atom stereocenters. The standard InChI is InChI=1S/3C3H7O.CH3.Ti/c3*1-3(2)4;;/h3*3H,1-2H3;1H3;/q4*-1;+4. The molecule has 4 heteroatoms. The van der Waals surface area contributed by atoms with Crippen molar-refractivity contribution in [1.29, 1.82) is 0 Å². The van der Waals surface area contributed by atoms with E-state index in [0.717, 1.165) is 0 Å². The Morgan fingerprint density at radius 2 is 0.571 bits per heavy atom. The zero-order valence-electron chi connectivity index (χ0n) is 10.5. The molecule has 0 aromatic heterocycles. The van der Waals surface area contributed by atoms with Crippen LogP contribution in [0.5, 0.6) is 0 Å². The molecule has 0 rings (SSSR count). The molecule has 0 amide bonds. The molecule has 0 aliphatic rings. The SMILES string of the molecule is CC(C)[O-].CC(C)[O-].CC(C)[O-].[CH3-].[Ti+4]. The fraction of sp³-hybridized carbons (Fsp3) is 0.900. The molecule has 0 spiro atoms. The Labute approximate surface area is 104 Å². The van der Waals surface area contributed by atoms with E-state index in [1.165, 1.54) is 0 Å². The van der Waals surface area contributed by atoms with Gasteiger partial charge in [-0.1, -0.05) is 41.5 Å². The van der Waals surface area contributed by atoms with Gasteiger partial charge in [0.05, 0.1) is 0 Å². The summed E-state index contributed by atoms with van der Waals surface area (Å²) in [6.07, 6.45) is -1.25. The van der Waals surface area contributed by atoms with Crippen LogP contribution in [0.25, 0.3) is 0 Å². The summed E-state index contributed by atoms with van der Waals surface area (Å²) in [6, 6.07) is 0. The molecule has 0 aromatic rings. The van der Waals surface area contributed by atoms with Gasteiger partial charge in [0.25, 0.3) is 0 Å². The third kappa shape index (κ3) is 4790. The van der Waals surface area contributed by atoms with Gasteiger partial charge in [0.15, 0.2) is 0 Å². The molecule has 0 saturated heterocycles. The quantitative estimate of drug-likeness (QED) is 0.431. The van der Waals surface area contributed by atoms with Gasteiger partial charge in [0.2, 0.25) is 0 Å². The summed E-state index contributed by atoms with van der Waals surface area (Å²) in [6.45, 7) is 9.67. The molecule has 0 heterocycles. The molecule has 0 radical (unpaired) electrons. The smallest absolute Gasteiger partial charge is 0.852 e. The van der Waals surface area contributed by atoms with Crippen LogP contribution >= 0.6 is 0 Å². The third-order valence-electron chi connectivity index (χ3n) is 0. The maximum Gasteiger partial charge on any atom is 4.00 e. The fourth-order valence-corrected chi connectivity index (χ4v) is 0. The minimum absolute atomic E-state index is 0. The molecule has 0 fully saturated rings. The monoisotopic (exact) mass is 240 g/mol. The third-order valence-corrected chi connectivity index (χ3v) is 0. The molecule has 0 bridgehead atoms. The zero-order valence-corrected chi connectivity index (χ0v) is 12.0. The van der Waals surface area contributed by atoms with Crippen LogP contribution in [0, 0.1) is 7.43 Å². The maximum absolute atomic E-state index is 9.53. The van der Waals surface area contributed by atoms with Crippen molar-refractivity contribution in [2.24, 2.45) is 0 Å². The van der Waals surface area contributed by atoms with Gasteiger partial charge in [-0.3, -0.25) is 0 Å². The summed E-state index contributed by atoms with van der Waals surface area (Å²) in [4.78, 5) is 0. The van der Waals surface area contributed by atoms with Crippen LogP contribution in [0.15, 0.2) is 0 Å².